The lowest BCUT2D eigenvalue weighted by atomic mass is 10.2. The molecule has 0 spiro atoms. The Morgan fingerprint density at radius 3 is 1.84 bits per heavy atom. The van der Waals surface area contributed by atoms with E-state index >= 15 is 0 Å². The van der Waals surface area contributed by atoms with E-state index in [9.17, 15) is 0 Å². The van der Waals surface area contributed by atoms with Crippen molar-refractivity contribution in [2.45, 2.75) is 20.1 Å². The minimum Gasteiger partial charge on any atom is -0.485 e. The van der Waals surface area contributed by atoms with E-state index < -0.39 is 0 Å². The molecule has 4 heteroatoms. The van der Waals surface area contributed by atoms with E-state index in [4.69, 9.17) is 32.7 Å². The maximum Gasteiger partial charge on any atom is 0.164 e. The molecule has 0 aliphatic carbocycles. The molecule has 25 heavy (non-hydrogen) atoms. The van der Waals surface area contributed by atoms with E-state index in [1.807, 2.05) is 73.7 Å². The monoisotopic (exact) mass is 372 g/mol. The second-order valence-corrected chi connectivity index (χ2v) is 6.48. The highest BCUT2D eigenvalue weighted by Crippen LogP contribution is 2.33. The third-order valence-corrected chi connectivity index (χ3v) is 4.58. The van der Waals surface area contributed by atoms with Gasteiger partial charge in [-0.2, -0.15) is 0 Å². The van der Waals surface area contributed by atoms with Gasteiger partial charge in [-0.25, -0.2) is 0 Å². The van der Waals surface area contributed by atoms with Crippen LogP contribution in [0.1, 0.15) is 16.7 Å². The van der Waals surface area contributed by atoms with Crippen molar-refractivity contribution in [3.63, 3.8) is 0 Å². The van der Waals surface area contributed by atoms with E-state index in [1.165, 1.54) is 0 Å². The van der Waals surface area contributed by atoms with Gasteiger partial charge in [0.2, 0.25) is 0 Å². The Labute approximate surface area is 157 Å². The largest absolute Gasteiger partial charge is 0.485 e. The van der Waals surface area contributed by atoms with Crippen LogP contribution in [0.3, 0.4) is 0 Å². The van der Waals surface area contributed by atoms with E-state index in [-0.39, 0.29) is 0 Å². The number of para-hydroxylation sites is 1. The van der Waals surface area contributed by atoms with Crippen molar-refractivity contribution in [2.75, 3.05) is 0 Å². The molecule has 0 N–H and O–H groups in total. The second-order valence-electron chi connectivity index (χ2n) is 5.66. The summed E-state index contributed by atoms with van der Waals surface area (Å²) in [6.45, 7) is 2.75. The smallest absolute Gasteiger partial charge is 0.164 e. The maximum absolute atomic E-state index is 6.20. The molecular weight excluding hydrogens is 355 g/mol. The van der Waals surface area contributed by atoms with Crippen molar-refractivity contribution >= 4 is 23.2 Å². The average molecular weight is 373 g/mol. The third-order valence-electron chi connectivity index (χ3n) is 3.85. The molecular formula is C21H18Cl2O2. The molecule has 3 rings (SSSR count). The first-order valence-electron chi connectivity index (χ1n) is 7.97. The maximum atomic E-state index is 6.20. The molecule has 0 amide bonds. The van der Waals surface area contributed by atoms with Gasteiger partial charge >= 0.3 is 0 Å². The van der Waals surface area contributed by atoms with Crippen molar-refractivity contribution in [3.8, 4) is 11.5 Å². The van der Waals surface area contributed by atoms with Gasteiger partial charge in [-0.1, -0.05) is 71.7 Å². The third kappa shape index (κ3) is 4.47. The minimum absolute atomic E-state index is 0.381. The number of halogens is 2. The highest BCUT2D eigenvalue weighted by molar-refractivity contribution is 6.31. The molecule has 0 radical (unpaired) electrons. The van der Waals surface area contributed by atoms with Gasteiger partial charge in [0.05, 0.1) is 0 Å². The quantitative estimate of drug-likeness (QED) is 0.494. The van der Waals surface area contributed by atoms with Crippen LogP contribution in [0.2, 0.25) is 10.0 Å². The van der Waals surface area contributed by atoms with Gasteiger partial charge in [-0.15, -0.1) is 0 Å². The molecule has 0 fully saturated rings. The molecule has 2 nitrogen and oxygen atoms in total. The summed E-state index contributed by atoms with van der Waals surface area (Å²) < 4.78 is 12.0. The van der Waals surface area contributed by atoms with Crippen LogP contribution in [-0.2, 0) is 13.2 Å². The number of benzene rings is 3. The Bertz CT molecular complexity index is 862. The normalized spacial score (nSPS) is 10.5. The zero-order chi connectivity index (χ0) is 17.6. The Morgan fingerprint density at radius 2 is 1.24 bits per heavy atom. The Hall–Kier alpha value is -2.16. The number of aryl methyl sites for hydroxylation is 1. The highest BCUT2D eigenvalue weighted by Gasteiger charge is 2.11. The molecule has 0 bridgehead atoms. The van der Waals surface area contributed by atoms with Crippen molar-refractivity contribution in [3.05, 3.63) is 93.5 Å². The standard InChI is InChI=1S/C21H18Cl2O2/c1-15-7-6-12-20(24-13-16-8-2-4-10-18(16)22)21(15)25-14-17-9-3-5-11-19(17)23/h2-12H,13-14H2,1H3. The molecule has 0 saturated carbocycles. The molecule has 3 aromatic rings. The van der Waals surface area contributed by atoms with Crippen LogP contribution < -0.4 is 9.47 Å². The summed E-state index contributed by atoms with van der Waals surface area (Å²) >= 11 is 12.4. The van der Waals surface area contributed by atoms with Crippen molar-refractivity contribution in [2.24, 2.45) is 0 Å². The highest BCUT2D eigenvalue weighted by atomic mass is 35.5. The van der Waals surface area contributed by atoms with Crippen LogP contribution >= 0.6 is 23.2 Å². The van der Waals surface area contributed by atoms with E-state index in [0.29, 0.717) is 29.0 Å². The van der Waals surface area contributed by atoms with E-state index in [0.717, 1.165) is 22.4 Å². The number of ether oxygens (including phenoxy) is 2. The topological polar surface area (TPSA) is 18.5 Å². The van der Waals surface area contributed by atoms with Crippen LogP contribution in [-0.4, -0.2) is 0 Å². The Morgan fingerprint density at radius 1 is 0.680 bits per heavy atom. The fourth-order valence-electron chi connectivity index (χ4n) is 2.46. The summed E-state index contributed by atoms with van der Waals surface area (Å²) in [5, 5.41) is 1.38. The van der Waals surface area contributed by atoms with E-state index in [2.05, 4.69) is 0 Å². The second kappa shape index (κ2) is 8.28. The van der Waals surface area contributed by atoms with Gasteiger partial charge in [0.15, 0.2) is 11.5 Å². The predicted molar refractivity (Wildman–Crippen MR) is 103 cm³/mol. The van der Waals surface area contributed by atoms with Gasteiger partial charge in [0.1, 0.15) is 13.2 Å². The lowest BCUT2D eigenvalue weighted by molar-refractivity contribution is 0.254. The van der Waals surface area contributed by atoms with Gasteiger partial charge in [0, 0.05) is 21.2 Å². The lowest BCUT2D eigenvalue weighted by Crippen LogP contribution is -2.02. The molecule has 128 valence electrons. The van der Waals surface area contributed by atoms with Crippen molar-refractivity contribution < 1.29 is 9.47 Å². The van der Waals surface area contributed by atoms with Gasteiger partial charge in [-0.3, -0.25) is 0 Å². The Kier molecular flexibility index (Phi) is 5.85. The summed E-state index contributed by atoms with van der Waals surface area (Å²) in [5.41, 5.74) is 2.87. The molecule has 0 heterocycles. The van der Waals surface area contributed by atoms with Gasteiger partial charge in [-0.05, 0) is 30.7 Å². The van der Waals surface area contributed by atoms with Crippen LogP contribution in [0.15, 0.2) is 66.7 Å². The van der Waals surface area contributed by atoms with Crippen molar-refractivity contribution in [1.29, 1.82) is 0 Å². The molecule has 0 unspecified atom stereocenters. The molecule has 0 aliphatic rings. The summed E-state index contributed by atoms with van der Waals surface area (Å²) in [4.78, 5) is 0. The SMILES string of the molecule is Cc1cccc(OCc2ccccc2Cl)c1OCc1ccccc1Cl. The molecule has 0 saturated heterocycles. The fraction of sp³-hybridized carbons (Fsp3) is 0.143. The van der Waals surface area contributed by atoms with Crippen LogP contribution in [0.5, 0.6) is 11.5 Å². The van der Waals surface area contributed by atoms with Crippen LogP contribution in [0, 0.1) is 6.92 Å². The first-order valence-corrected chi connectivity index (χ1v) is 8.73. The summed E-state index contributed by atoms with van der Waals surface area (Å²) in [6, 6.07) is 21.1. The van der Waals surface area contributed by atoms with Crippen LogP contribution in [0.25, 0.3) is 0 Å². The molecule has 0 aromatic heterocycles. The average Bonchev–Trinajstić information content (AvgIpc) is 2.61. The molecule has 3 aromatic carbocycles. The number of rotatable bonds is 6. The number of hydrogen-bond donors (Lipinski definition) is 0. The zero-order valence-corrected chi connectivity index (χ0v) is 15.3. The first kappa shape index (κ1) is 17.7. The zero-order valence-electron chi connectivity index (χ0n) is 13.8. The summed E-state index contributed by atoms with van der Waals surface area (Å²) in [7, 11) is 0. The summed E-state index contributed by atoms with van der Waals surface area (Å²) in [6.07, 6.45) is 0. The molecule has 0 aliphatic heterocycles. The summed E-state index contributed by atoms with van der Waals surface area (Å²) in [5.74, 6) is 1.40. The first-order chi connectivity index (χ1) is 12.1. The van der Waals surface area contributed by atoms with Gasteiger partial charge < -0.3 is 9.47 Å². The van der Waals surface area contributed by atoms with Crippen LogP contribution in [0.4, 0.5) is 0 Å². The fourth-order valence-corrected chi connectivity index (χ4v) is 2.84. The van der Waals surface area contributed by atoms with Crippen molar-refractivity contribution in [1.82, 2.24) is 0 Å². The molecule has 0 atom stereocenters. The lowest BCUT2D eigenvalue weighted by Gasteiger charge is -2.16. The Balaban J connectivity index is 1.75. The minimum atomic E-state index is 0.381. The van der Waals surface area contributed by atoms with E-state index in [1.54, 1.807) is 0 Å². The number of hydrogen-bond acceptors (Lipinski definition) is 2. The predicted octanol–water partition coefficient (Wildman–Crippen LogP) is 6.46. The van der Waals surface area contributed by atoms with Gasteiger partial charge in [0.25, 0.3) is 0 Å².